The van der Waals surface area contributed by atoms with Crippen LogP contribution in [0, 0.1) is 26.7 Å². The van der Waals surface area contributed by atoms with Crippen molar-refractivity contribution in [3.63, 3.8) is 0 Å². The van der Waals surface area contributed by atoms with Gasteiger partial charge in [0.2, 0.25) is 15.9 Å². The standard InChI is InChI=1S/C21H29ClN4O3S/c1-14-7-10-25(11-8-14)30(28,29)21-16(3)24-26(17(21)4)12-9-20(27)23-19-6-5-18(22)13-15(19)2/h5-6,13-14H,7-12H2,1-4H3,(H,23,27). The minimum atomic E-state index is -3.59. The Bertz CT molecular complexity index is 1040. The van der Waals surface area contributed by atoms with E-state index in [9.17, 15) is 13.2 Å². The van der Waals surface area contributed by atoms with E-state index in [-0.39, 0.29) is 17.2 Å². The largest absolute Gasteiger partial charge is 0.326 e. The third kappa shape index (κ3) is 4.87. The molecule has 0 radical (unpaired) electrons. The van der Waals surface area contributed by atoms with Crippen LogP contribution in [0.25, 0.3) is 0 Å². The van der Waals surface area contributed by atoms with Crippen LogP contribution in [0.2, 0.25) is 5.02 Å². The molecule has 164 valence electrons. The average molecular weight is 453 g/mol. The molecule has 1 aromatic carbocycles. The van der Waals surface area contributed by atoms with E-state index in [1.807, 2.05) is 6.92 Å². The number of aryl methyl sites for hydroxylation is 3. The van der Waals surface area contributed by atoms with Crippen LogP contribution in [0.4, 0.5) is 5.69 Å². The number of hydrogen-bond acceptors (Lipinski definition) is 4. The Morgan fingerprint density at radius 2 is 1.90 bits per heavy atom. The van der Waals surface area contributed by atoms with Crippen LogP contribution in [0.1, 0.15) is 43.1 Å². The van der Waals surface area contributed by atoms with Crippen LogP contribution < -0.4 is 5.32 Å². The van der Waals surface area contributed by atoms with E-state index in [0.29, 0.717) is 47.7 Å². The lowest BCUT2D eigenvalue weighted by Crippen LogP contribution is -2.38. The molecule has 1 aromatic heterocycles. The van der Waals surface area contributed by atoms with Gasteiger partial charge >= 0.3 is 0 Å². The molecule has 7 nitrogen and oxygen atoms in total. The minimum absolute atomic E-state index is 0.164. The van der Waals surface area contributed by atoms with Crippen LogP contribution >= 0.6 is 11.6 Å². The van der Waals surface area contributed by atoms with Gasteiger partial charge in [-0.3, -0.25) is 9.48 Å². The summed E-state index contributed by atoms with van der Waals surface area (Å²) >= 11 is 5.95. The van der Waals surface area contributed by atoms with E-state index in [1.54, 1.807) is 41.0 Å². The van der Waals surface area contributed by atoms with E-state index < -0.39 is 10.0 Å². The van der Waals surface area contributed by atoms with Crippen molar-refractivity contribution in [2.24, 2.45) is 5.92 Å². The summed E-state index contributed by atoms with van der Waals surface area (Å²) < 4.78 is 29.5. The van der Waals surface area contributed by atoms with Crippen LogP contribution in [-0.4, -0.2) is 41.5 Å². The molecule has 1 saturated heterocycles. The lowest BCUT2D eigenvalue weighted by molar-refractivity contribution is -0.116. The summed E-state index contributed by atoms with van der Waals surface area (Å²) in [6, 6.07) is 5.28. The number of amides is 1. The molecular formula is C21H29ClN4O3S. The Hall–Kier alpha value is -1.90. The number of hydrogen-bond donors (Lipinski definition) is 1. The van der Waals surface area contributed by atoms with Crippen LogP contribution in [0.3, 0.4) is 0 Å². The summed E-state index contributed by atoms with van der Waals surface area (Å²) in [5, 5.41) is 7.89. The van der Waals surface area contributed by atoms with Gasteiger partial charge in [0.05, 0.1) is 17.9 Å². The van der Waals surface area contributed by atoms with Crippen molar-refractivity contribution >= 4 is 33.2 Å². The molecule has 1 aliphatic heterocycles. The monoisotopic (exact) mass is 452 g/mol. The Labute approximate surface area is 183 Å². The number of benzene rings is 1. The fourth-order valence-corrected chi connectivity index (χ4v) is 5.88. The summed E-state index contributed by atoms with van der Waals surface area (Å²) in [5.74, 6) is 0.381. The summed E-state index contributed by atoms with van der Waals surface area (Å²) in [6.45, 7) is 8.86. The second-order valence-corrected chi connectivity index (χ2v) is 10.4. The maximum absolute atomic E-state index is 13.2. The molecule has 0 saturated carbocycles. The molecule has 0 unspecified atom stereocenters. The topological polar surface area (TPSA) is 84.3 Å². The van der Waals surface area contributed by atoms with Crippen LogP contribution in [0.15, 0.2) is 23.1 Å². The first kappa shape index (κ1) is 22.8. The highest BCUT2D eigenvalue weighted by molar-refractivity contribution is 7.89. The summed E-state index contributed by atoms with van der Waals surface area (Å²) in [4.78, 5) is 12.7. The molecular weight excluding hydrogens is 424 g/mol. The van der Waals surface area contributed by atoms with Gasteiger partial charge < -0.3 is 5.32 Å². The van der Waals surface area contributed by atoms with E-state index in [4.69, 9.17) is 11.6 Å². The molecule has 1 N–H and O–H groups in total. The van der Waals surface area contributed by atoms with Crippen molar-refractivity contribution in [2.45, 2.75) is 58.4 Å². The van der Waals surface area contributed by atoms with Gasteiger partial charge in [-0.2, -0.15) is 9.40 Å². The molecule has 0 bridgehead atoms. The zero-order chi connectivity index (χ0) is 22.1. The van der Waals surface area contributed by atoms with E-state index >= 15 is 0 Å². The number of rotatable bonds is 6. The van der Waals surface area contributed by atoms with Gasteiger partial charge in [-0.15, -0.1) is 0 Å². The first-order valence-corrected chi connectivity index (χ1v) is 12.0. The SMILES string of the molecule is Cc1cc(Cl)ccc1NC(=O)CCn1nc(C)c(S(=O)(=O)N2CCC(C)CC2)c1C. The van der Waals surface area contributed by atoms with Crippen molar-refractivity contribution < 1.29 is 13.2 Å². The number of nitrogens with one attached hydrogen (secondary N) is 1. The third-order valence-electron chi connectivity index (χ3n) is 5.67. The maximum atomic E-state index is 13.2. The molecule has 30 heavy (non-hydrogen) atoms. The Kier molecular flexibility index (Phi) is 6.89. The molecule has 0 spiro atoms. The highest BCUT2D eigenvalue weighted by Gasteiger charge is 2.33. The zero-order valence-electron chi connectivity index (χ0n) is 17.9. The van der Waals surface area contributed by atoms with Crippen molar-refractivity contribution in [3.8, 4) is 0 Å². The fraction of sp³-hybridized carbons (Fsp3) is 0.524. The van der Waals surface area contributed by atoms with Crippen molar-refractivity contribution in [3.05, 3.63) is 40.2 Å². The zero-order valence-corrected chi connectivity index (χ0v) is 19.5. The van der Waals surface area contributed by atoms with Gasteiger partial charge in [-0.05, 0) is 63.3 Å². The number of sulfonamides is 1. The first-order valence-electron chi connectivity index (χ1n) is 10.2. The van der Waals surface area contributed by atoms with Gasteiger partial charge in [-0.25, -0.2) is 8.42 Å². The van der Waals surface area contributed by atoms with Gasteiger partial charge in [0.15, 0.2) is 0 Å². The minimum Gasteiger partial charge on any atom is -0.326 e. The summed E-state index contributed by atoms with van der Waals surface area (Å²) in [7, 11) is -3.59. The van der Waals surface area contributed by atoms with Gasteiger partial charge in [0, 0.05) is 30.2 Å². The average Bonchev–Trinajstić information content (AvgIpc) is 2.96. The number of aromatic nitrogens is 2. The molecule has 2 aromatic rings. The van der Waals surface area contributed by atoms with E-state index in [0.717, 1.165) is 18.4 Å². The van der Waals surface area contributed by atoms with Gasteiger partial charge in [0.1, 0.15) is 4.90 Å². The van der Waals surface area contributed by atoms with E-state index in [1.165, 1.54) is 0 Å². The molecule has 9 heteroatoms. The normalized spacial score (nSPS) is 16.0. The highest BCUT2D eigenvalue weighted by atomic mass is 35.5. The van der Waals surface area contributed by atoms with Gasteiger partial charge in [0.25, 0.3) is 0 Å². The van der Waals surface area contributed by atoms with Crippen molar-refractivity contribution in [2.75, 3.05) is 18.4 Å². The molecule has 1 aliphatic rings. The molecule has 1 fully saturated rings. The number of carbonyl (C=O) groups is 1. The molecule has 0 aliphatic carbocycles. The lowest BCUT2D eigenvalue weighted by Gasteiger charge is -2.29. The number of anilines is 1. The maximum Gasteiger partial charge on any atom is 0.246 e. The van der Waals surface area contributed by atoms with E-state index in [2.05, 4.69) is 17.3 Å². The molecule has 0 atom stereocenters. The lowest BCUT2D eigenvalue weighted by atomic mass is 10.0. The molecule has 1 amide bonds. The van der Waals surface area contributed by atoms with Crippen molar-refractivity contribution in [1.82, 2.24) is 14.1 Å². The highest BCUT2D eigenvalue weighted by Crippen LogP contribution is 2.28. The van der Waals surface area contributed by atoms with Crippen molar-refractivity contribution in [1.29, 1.82) is 0 Å². The summed E-state index contributed by atoms with van der Waals surface area (Å²) in [6.07, 6.45) is 1.93. The third-order valence-corrected chi connectivity index (χ3v) is 8.06. The van der Waals surface area contributed by atoms with Crippen LogP contribution in [-0.2, 0) is 21.4 Å². The molecule has 3 rings (SSSR count). The number of nitrogens with zero attached hydrogens (tertiary/aromatic N) is 3. The van der Waals surface area contributed by atoms with Gasteiger partial charge in [-0.1, -0.05) is 18.5 Å². The summed E-state index contributed by atoms with van der Waals surface area (Å²) in [5.41, 5.74) is 2.63. The quantitative estimate of drug-likeness (QED) is 0.720. The fourth-order valence-electron chi connectivity index (χ4n) is 3.81. The predicted octanol–water partition coefficient (Wildman–Crippen LogP) is 3.91. The second kappa shape index (κ2) is 9.08. The Morgan fingerprint density at radius 1 is 1.23 bits per heavy atom. The molecule has 2 heterocycles. The smallest absolute Gasteiger partial charge is 0.246 e. The number of carbonyl (C=O) groups excluding carboxylic acids is 1. The Balaban J connectivity index is 1.70. The number of halogens is 1. The first-order chi connectivity index (χ1) is 14.1. The predicted molar refractivity (Wildman–Crippen MR) is 118 cm³/mol. The second-order valence-electron chi connectivity index (χ2n) is 8.07. The number of piperidine rings is 1. The Morgan fingerprint density at radius 3 is 2.53 bits per heavy atom. The van der Waals surface area contributed by atoms with Crippen LogP contribution in [0.5, 0.6) is 0 Å².